The molecule has 0 saturated heterocycles. The summed E-state index contributed by atoms with van der Waals surface area (Å²) in [5.41, 5.74) is -4.98. The van der Waals surface area contributed by atoms with Gasteiger partial charge in [0.2, 0.25) is 5.91 Å². The molecule has 88 valence electrons. The molecule has 0 aliphatic carbocycles. The molecule has 15 heavy (non-hydrogen) atoms. The Morgan fingerprint density at radius 2 is 1.93 bits per heavy atom. The number of alkyl halides is 3. The van der Waals surface area contributed by atoms with Crippen molar-refractivity contribution in [2.45, 2.75) is 18.5 Å². The van der Waals surface area contributed by atoms with Crippen molar-refractivity contribution in [1.82, 2.24) is 5.32 Å². The molecule has 2 unspecified atom stereocenters. The lowest BCUT2D eigenvalue weighted by Gasteiger charge is -2.13. The standard InChI is InChI=1S/C6H8F3NO4S/c1-3(11)10-4(5(12)13)2-15(14)6(7,8)9/h4H,2H2,1H3,(H,10,11)(H,12,13). The van der Waals surface area contributed by atoms with E-state index >= 15 is 0 Å². The molecule has 2 N–H and O–H groups in total. The van der Waals surface area contributed by atoms with Crippen LogP contribution in [0.3, 0.4) is 0 Å². The zero-order valence-corrected chi connectivity index (χ0v) is 8.32. The Morgan fingerprint density at radius 3 is 2.20 bits per heavy atom. The van der Waals surface area contributed by atoms with Crippen LogP contribution in [0.5, 0.6) is 0 Å². The molecule has 2 atom stereocenters. The van der Waals surface area contributed by atoms with Gasteiger partial charge in [-0.05, 0) is 0 Å². The molecule has 0 rings (SSSR count). The van der Waals surface area contributed by atoms with Gasteiger partial charge in [-0.3, -0.25) is 9.00 Å². The van der Waals surface area contributed by atoms with Crippen LogP contribution >= 0.6 is 0 Å². The zero-order valence-electron chi connectivity index (χ0n) is 7.50. The number of hydrogen-bond donors (Lipinski definition) is 2. The predicted octanol–water partition coefficient (Wildman–Crippen LogP) is -0.156. The molecule has 0 aromatic carbocycles. The topological polar surface area (TPSA) is 83.5 Å². The zero-order chi connectivity index (χ0) is 12.2. The molecule has 0 aromatic heterocycles. The first-order valence-electron chi connectivity index (χ1n) is 3.59. The lowest BCUT2D eigenvalue weighted by Crippen LogP contribution is -2.45. The van der Waals surface area contributed by atoms with E-state index in [1.54, 1.807) is 5.32 Å². The average Bonchev–Trinajstić information content (AvgIpc) is 1.99. The highest BCUT2D eigenvalue weighted by Gasteiger charge is 2.39. The Balaban J connectivity index is 4.50. The molecule has 0 aliphatic heterocycles. The average molecular weight is 247 g/mol. The number of hydrogen-bond acceptors (Lipinski definition) is 3. The highest BCUT2D eigenvalue weighted by molar-refractivity contribution is 7.85. The molecule has 0 spiro atoms. The molecule has 5 nitrogen and oxygen atoms in total. The minimum atomic E-state index is -4.98. The Morgan fingerprint density at radius 1 is 1.47 bits per heavy atom. The van der Waals surface area contributed by atoms with Crippen molar-refractivity contribution in [2.75, 3.05) is 5.75 Å². The fourth-order valence-electron chi connectivity index (χ4n) is 0.666. The number of carboxylic acids is 1. The summed E-state index contributed by atoms with van der Waals surface area (Å²) in [4.78, 5) is 20.8. The summed E-state index contributed by atoms with van der Waals surface area (Å²) in [6.07, 6.45) is 0. The smallest absolute Gasteiger partial charge is 0.471 e. The lowest BCUT2D eigenvalue weighted by atomic mass is 10.3. The molecule has 0 heterocycles. The molecule has 9 heteroatoms. The largest absolute Gasteiger partial charge is 0.480 e. The number of rotatable bonds is 4. The van der Waals surface area contributed by atoms with Crippen LogP contribution in [-0.2, 0) is 20.4 Å². The molecular weight excluding hydrogens is 239 g/mol. The van der Waals surface area contributed by atoms with Crippen LogP contribution in [0.1, 0.15) is 6.92 Å². The lowest BCUT2D eigenvalue weighted by molar-refractivity contribution is -0.140. The van der Waals surface area contributed by atoms with E-state index in [0.29, 0.717) is 0 Å². The second kappa shape index (κ2) is 5.10. The summed E-state index contributed by atoms with van der Waals surface area (Å²) in [6, 6.07) is -1.80. The van der Waals surface area contributed by atoms with Gasteiger partial charge in [-0.1, -0.05) is 0 Å². The summed E-state index contributed by atoms with van der Waals surface area (Å²) in [5.74, 6) is -3.66. The number of carboxylic acid groups (broad SMARTS) is 1. The Bertz CT molecular complexity index is 291. The van der Waals surface area contributed by atoms with Crippen molar-refractivity contribution in [2.24, 2.45) is 0 Å². The quantitative estimate of drug-likeness (QED) is 0.723. The van der Waals surface area contributed by atoms with E-state index in [0.717, 1.165) is 6.92 Å². The van der Waals surface area contributed by atoms with E-state index in [1.165, 1.54) is 0 Å². The van der Waals surface area contributed by atoms with Crippen LogP contribution in [-0.4, -0.2) is 38.5 Å². The summed E-state index contributed by atoms with van der Waals surface area (Å²) >= 11 is 0. The van der Waals surface area contributed by atoms with Gasteiger partial charge in [-0.2, -0.15) is 13.2 Å². The highest BCUT2D eigenvalue weighted by Crippen LogP contribution is 2.20. The molecule has 0 saturated carbocycles. The van der Waals surface area contributed by atoms with E-state index in [1.807, 2.05) is 0 Å². The van der Waals surface area contributed by atoms with Crippen molar-refractivity contribution in [1.29, 1.82) is 0 Å². The monoisotopic (exact) mass is 247 g/mol. The van der Waals surface area contributed by atoms with Gasteiger partial charge in [-0.15, -0.1) is 0 Å². The first kappa shape index (κ1) is 13.9. The van der Waals surface area contributed by atoms with Gasteiger partial charge in [0.1, 0.15) is 16.8 Å². The number of amides is 1. The van der Waals surface area contributed by atoms with Crippen molar-refractivity contribution in [3.8, 4) is 0 Å². The van der Waals surface area contributed by atoms with Crippen LogP contribution in [0.4, 0.5) is 13.2 Å². The van der Waals surface area contributed by atoms with Gasteiger partial charge in [0.15, 0.2) is 0 Å². The van der Waals surface area contributed by atoms with Crippen molar-refractivity contribution in [3.63, 3.8) is 0 Å². The number of carbonyl (C=O) groups is 2. The van der Waals surface area contributed by atoms with Crippen LogP contribution < -0.4 is 5.32 Å². The maximum atomic E-state index is 11.8. The second-order valence-corrected chi connectivity index (χ2v) is 4.04. The van der Waals surface area contributed by atoms with Crippen LogP contribution in [0.2, 0.25) is 0 Å². The normalized spacial score (nSPS) is 15.5. The van der Waals surface area contributed by atoms with Crippen LogP contribution in [0, 0.1) is 0 Å². The van der Waals surface area contributed by atoms with Gasteiger partial charge in [0, 0.05) is 6.92 Å². The van der Waals surface area contributed by atoms with Gasteiger partial charge in [0.05, 0.1) is 5.75 Å². The number of halogens is 3. The Labute approximate surface area is 85.1 Å². The maximum Gasteiger partial charge on any atom is 0.471 e. The molecule has 1 amide bonds. The van der Waals surface area contributed by atoms with Crippen LogP contribution in [0.15, 0.2) is 0 Å². The summed E-state index contributed by atoms with van der Waals surface area (Å²) in [7, 11) is -3.30. The fraction of sp³-hybridized carbons (Fsp3) is 0.667. The number of aliphatic carboxylic acids is 1. The Kier molecular flexibility index (Phi) is 4.72. The Hall–Kier alpha value is -1.12. The van der Waals surface area contributed by atoms with E-state index in [2.05, 4.69) is 0 Å². The van der Waals surface area contributed by atoms with E-state index < -0.39 is 40.0 Å². The van der Waals surface area contributed by atoms with Crippen molar-refractivity contribution in [3.05, 3.63) is 0 Å². The van der Waals surface area contributed by atoms with E-state index in [9.17, 15) is 27.0 Å². The first-order chi connectivity index (χ1) is 6.64. The molecule has 0 fully saturated rings. The van der Waals surface area contributed by atoms with Gasteiger partial charge < -0.3 is 10.4 Å². The summed E-state index contributed by atoms with van der Waals surface area (Å²) in [6.45, 7) is 0.951. The van der Waals surface area contributed by atoms with Crippen molar-refractivity contribution >= 4 is 22.7 Å². The third-order valence-electron chi connectivity index (χ3n) is 1.25. The predicted molar refractivity (Wildman–Crippen MR) is 44.3 cm³/mol. The van der Waals surface area contributed by atoms with Crippen molar-refractivity contribution < 1.29 is 32.1 Å². The number of carbonyl (C=O) groups excluding carboxylic acids is 1. The third kappa shape index (κ3) is 5.35. The molecular formula is C6H8F3NO4S. The van der Waals surface area contributed by atoms with Gasteiger partial charge in [-0.25, -0.2) is 4.79 Å². The fourth-order valence-corrected chi connectivity index (χ4v) is 1.38. The van der Waals surface area contributed by atoms with E-state index in [-0.39, 0.29) is 0 Å². The minimum absolute atomic E-state index is 0.804. The third-order valence-corrected chi connectivity index (χ3v) is 2.40. The molecule has 0 radical (unpaired) electrons. The van der Waals surface area contributed by atoms with Crippen LogP contribution in [0.25, 0.3) is 0 Å². The summed E-state index contributed by atoms with van der Waals surface area (Å²) in [5, 5.41) is 10.2. The SMILES string of the molecule is CC(=O)NC(CS(=O)C(F)(F)F)C(=O)O. The molecule has 0 aliphatic rings. The maximum absolute atomic E-state index is 11.8. The summed E-state index contributed by atoms with van der Waals surface area (Å²) < 4.78 is 45.9. The van der Waals surface area contributed by atoms with Gasteiger partial charge in [0.25, 0.3) is 0 Å². The van der Waals surface area contributed by atoms with Gasteiger partial charge >= 0.3 is 11.5 Å². The molecule has 0 bridgehead atoms. The second-order valence-electron chi connectivity index (χ2n) is 2.55. The van der Waals surface area contributed by atoms with E-state index in [4.69, 9.17) is 5.11 Å². The minimum Gasteiger partial charge on any atom is -0.480 e. The highest BCUT2D eigenvalue weighted by atomic mass is 32.2. The first-order valence-corrected chi connectivity index (χ1v) is 4.91. The molecule has 0 aromatic rings. The number of nitrogens with one attached hydrogen (secondary N) is 1.